The van der Waals surface area contributed by atoms with E-state index in [1.807, 2.05) is 0 Å². The maximum Gasteiger partial charge on any atom is 0.0462 e. The molecule has 0 aliphatic rings. The zero-order valence-electron chi connectivity index (χ0n) is 27.7. The highest BCUT2D eigenvalue weighted by atomic mass is 31.0. The zero-order chi connectivity index (χ0) is 33.7. The molecule has 0 radical (unpaired) electrons. The average molecular weight is 658 g/mol. The average Bonchev–Trinajstić information content (AvgIpc) is 3.20. The van der Waals surface area contributed by atoms with Gasteiger partial charge in [0.2, 0.25) is 0 Å². The van der Waals surface area contributed by atoms with Gasteiger partial charge in [0, 0.05) is 17.1 Å². The number of hydrogen-bond acceptors (Lipinski definition) is 1. The Hall–Kier alpha value is -6.01. The summed E-state index contributed by atoms with van der Waals surface area (Å²) in [6.07, 6.45) is 0. The molecular weight excluding hydrogens is 622 g/mol. The summed E-state index contributed by atoms with van der Waals surface area (Å²) in [6, 6.07) is 74.0. The molecular formula is C48H36NP. The molecule has 1 nitrogen and oxygen atoms in total. The number of anilines is 3. The van der Waals surface area contributed by atoms with Crippen molar-refractivity contribution in [1.82, 2.24) is 0 Å². The fraction of sp³-hybridized carbons (Fsp3) is 0. The molecule has 0 fully saturated rings. The Balaban J connectivity index is 1.14. The van der Waals surface area contributed by atoms with Gasteiger partial charge in [-0.05, 0) is 116 Å². The van der Waals surface area contributed by atoms with Crippen LogP contribution in [0.25, 0.3) is 55.6 Å². The lowest BCUT2D eigenvalue weighted by molar-refractivity contribution is 1.28. The van der Waals surface area contributed by atoms with Crippen molar-refractivity contribution in [2.24, 2.45) is 0 Å². The third-order valence-corrected chi connectivity index (χ3v) is 9.56. The fourth-order valence-electron chi connectivity index (χ4n) is 6.59. The van der Waals surface area contributed by atoms with Crippen molar-refractivity contribution in [2.75, 3.05) is 4.90 Å². The smallest absolute Gasteiger partial charge is 0.0462 e. The molecule has 1 atom stereocenters. The topological polar surface area (TPSA) is 3.24 Å². The molecule has 0 aliphatic carbocycles. The summed E-state index contributed by atoms with van der Waals surface area (Å²) < 4.78 is 0. The first-order chi connectivity index (χ1) is 24.7. The van der Waals surface area contributed by atoms with Crippen LogP contribution in [-0.4, -0.2) is 0 Å². The highest BCUT2D eigenvalue weighted by molar-refractivity contribution is 7.27. The zero-order valence-corrected chi connectivity index (χ0v) is 28.8. The fourth-order valence-corrected chi connectivity index (χ4v) is 6.88. The lowest BCUT2D eigenvalue weighted by atomic mass is 9.98. The molecule has 0 aromatic heterocycles. The summed E-state index contributed by atoms with van der Waals surface area (Å²) in [5.41, 5.74) is 15.4. The van der Waals surface area contributed by atoms with Crippen LogP contribution < -0.4 is 10.2 Å². The first kappa shape index (κ1) is 31.3. The largest absolute Gasteiger partial charge is 0.311 e. The van der Waals surface area contributed by atoms with Gasteiger partial charge in [-0.25, -0.2) is 0 Å². The van der Waals surface area contributed by atoms with E-state index in [1.54, 1.807) is 0 Å². The van der Waals surface area contributed by atoms with Gasteiger partial charge in [-0.3, -0.25) is 0 Å². The Morgan fingerprint density at radius 3 is 0.860 bits per heavy atom. The molecule has 0 bridgehead atoms. The highest BCUT2D eigenvalue weighted by Crippen LogP contribution is 2.38. The van der Waals surface area contributed by atoms with Gasteiger partial charge in [0.25, 0.3) is 0 Å². The summed E-state index contributed by atoms with van der Waals surface area (Å²) in [7, 11) is 2.80. The number of nitrogens with zero attached hydrogens (tertiary/aromatic N) is 1. The van der Waals surface area contributed by atoms with Crippen LogP contribution in [0.3, 0.4) is 0 Å². The second kappa shape index (κ2) is 14.2. The third kappa shape index (κ3) is 6.78. The summed E-state index contributed by atoms with van der Waals surface area (Å²) in [5.74, 6) is 0. The molecule has 8 aromatic rings. The SMILES string of the molecule is Pc1cccc(-c2ccc(N(c3ccc(-c4cccc(-c5ccccc5)c4)cc3)c3ccc(-c4cccc(-c5ccccc5)c4)cc3)cc2)c1. The van der Waals surface area contributed by atoms with Gasteiger partial charge in [-0.2, -0.15) is 0 Å². The van der Waals surface area contributed by atoms with Gasteiger partial charge in [0.1, 0.15) is 0 Å². The van der Waals surface area contributed by atoms with Gasteiger partial charge in [0.15, 0.2) is 0 Å². The molecule has 50 heavy (non-hydrogen) atoms. The summed E-state index contributed by atoms with van der Waals surface area (Å²) in [6.45, 7) is 0. The van der Waals surface area contributed by atoms with Crippen LogP contribution in [0.2, 0.25) is 0 Å². The maximum absolute atomic E-state index is 2.80. The summed E-state index contributed by atoms with van der Waals surface area (Å²) >= 11 is 0. The predicted molar refractivity (Wildman–Crippen MR) is 218 cm³/mol. The van der Waals surface area contributed by atoms with Crippen molar-refractivity contribution in [1.29, 1.82) is 0 Å². The molecule has 238 valence electrons. The Morgan fingerprint density at radius 2 is 0.520 bits per heavy atom. The van der Waals surface area contributed by atoms with E-state index in [9.17, 15) is 0 Å². The van der Waals surface area contributed by atoms with Gasteiger partial charge < -0.3 is 4.90 Å². The predicted octanol–water partition coefficient (Wildman–Crippen LogP) is 13.0. The van der Waals surface area contributed by atoms with Gasteiger partial charge in [0.05, 0.1) is 0 Å². The van der Waals surface area contributed by atoms with Crippen LogP contribution in [-0.2, 0) is 0 Å². The maximum atomic E-state index is 2.80. The number of rotatable bonds is 8. The van der Waals surface area contributed by atoms with Crippen LogP contribution in [0.1, 0.15) is 0 Å². The molecule has 0 amide bonds. The van der Waals surface area contributed by atoms with Gasteiger partial charge in [-0.1, -0.05) is 152 Å². The second-order valence-corrected chi connectivity index (χ2v) is 13.2. The number of hydrogen-bond donors (Lipinski definition) is 0. The van der Waals surface area contributed by atoms with Crippen molar-refractivity contribution >= 4 is 31.6 Å². The molecule has 0 saturated carbocycles. The third-order valence-electron chi connectivity index (χ3n) is 9.20. The lowest BCUT2D eigenvalue weighted by Crippen LogP contribution is -2.09. The van der Waals surface area contributed by atoms with E-state index in [0.717, 1.165) is 17.1 Å². The standard InChI is InChI=1S/C48H36NP/c50-48-19-9-18-44(34-48)39-24-30-47(31-25-39)49(45-26-20-37(21-27-45)42-16-7-14-40(32-42)35-10-3-1-4-11-35)46-28-22-38(23-29-46)43-17-8-15-41(33-43)36-12-5-2-6-13-36/h1-34H,50H2. The van der Waals surface area contributed by atoms with Crippen LogP contribution in [0, 0.1) is 0 Å². The monoisotopic (exact) mass is 657 g/mol. The molecule has 8 aromatic carbocycles. The van der Waals surface area contributed by atoms with E-state index in [1.165, 1.54) is 60.9 Å². The molecule has 8 rings (SSSR count). The first-order valence-electron chi connectivity index (χ1n) is 17.0. The molecule has 2 heteroatoms. The Morgan fingerprint density at radius 1 is 0.240 bits per heavy atom. The van der Waals surface area contributed by atoms with Crippen molar-refractivity contribution in [2.45, 2.75) is 0 Å². The van der Waals surface area contributed by atoms with Crippen molar-refractivity contribution in [3.63, 3.8) is 0 Å². The molecule has 0 saturated heterocycles. The van der Waals surface area contributed by atoms with Crippen LogP contribution >= 0.6 is 9.24 Å². The van der Waals surface area contributed by atoms with Crippen LogP contribution in [0.4, 0.5) is 17.1 Å². The van der Waals surface area contributed by atoms with Crippen molar-refractivity contribution < 1.29 is 0 Å². The Bertz CT molecular complexity index is 2220. The van der Waals surface area contributed by atoms with E-state index in [0.29, 0.717) is 0 Å². The van der Waals surface area contributed by atoms with Crippen molar-refractivity contribution in [3.8, 4) is 55.6 Å². The van der Waals surface area contributed by atoms with E-state index in [2.05, 4.69) is 220 Å². The van der Waals surface area contributed by atoms with Crippen molar-refractivity contribution in [3.05, 3.63) is 206 Å². The first-order valence-corrected chi connectivity index (χ1v) is 17.5. The van der Waals surface area contributed by atoms with E-state index in [-0.39, 0.29) is 0 Å². The van der Waals surface area contributed by atoms with E-state index in [4.69, 9.17) is 0 Å². The van der Waals surface area contributed by atoms with Gasteiger partial charge >= 0.3 is 0 Å². The minimum absolute atomic E-state index is 1.10. The summed E-state index contributed by atoms with van der Waals surface area (Å²) in [5, 5.41) is 1.18. The molecule has 1 unspecified atom stereocenters. The molecule has 0 spiro atoms. The van der Waals surface area contributed by atoms with E-state index >= 15 is 0 Å². The quantitative estimate of drug-likeness (QED) is 0.147. The lowest BCUT2D eigenvalue weighted by Gasteiger charge is -2.26. The minimum Gasteiger partial charge on any atom is -0.311 e. The Labute approximate surface area is 297 Å². The molecule has 0 N–H and O–H groups in total. The highest BCUT2D eigenvalue weighted by Gasteiger charge is 2.14. The van der Waals surface area contributed by atoms with E-state index < -0.39 is 0 Å². The van der Waals surface area contributed by atoms with Crippen LogP contribution in [0.15, 0.2) is 206 Å². The minimum atomic E-state index is 1.10. The van der Waals surface area contributed by atoms with Crippen LogP contribution in [0.5, 0.6) is 0 Å². The molecule has 0 aliphatic heterocycles. The number of benzene rings is 8. The second-order valence-electron chi connectivity index (χ2n) is 12.5. The summed E-state index contributed by atoms with van der Waals surface area (Å²) in [4.78, 5) is 2.34. The molecule has 0 heterocycles. The Kier molecular flexibility index (Phi) is 8.90. The van der Waals surface area contributed by atoms with Gasteiger partial charge in [-0.15, -0.1) is 9.24 Å². The normalized spacial score (nSPS) is 10.9.